The molecule has 172 valence electrons. The predicted octanol–water partition coefficient (Wildman–Crippen LogP) is 2.84. The van der Waals surface area contributed by atoms with Crippen molar-refractivity contribution >= 4 is 29.4 Å². The highest BCUT2D eigenvalue weighted by atomic mass is 32.2. The van der Waals surface area contributed by atoms with Crippen LogP contribution in [0.1, 0.15) is 22.1 Å². The Kier molecular flexibility index (Phi) is 6.45. The van der Waals surface area contributed by atoms with Crippen molar-refractivity contribution in [3.8, 4) is 22.9 Å². The van der Waals surface area contributed by atoms with Crippen LogP contribution in [0.5, 0.6) is 17.2 Å². The van der Waals surface area contributed by atoms with Crippen LogP contribution in [0.2, 0.25) is 0 Å². The van der Waals surface area contributed by atoms with E-state index in [1.165, 1.54) is 18.9 Å². The summed E-state index contributed by atoms with van der Waals surface area (Å²) in [5.74, 6) is 1.85. The molecule has 10 heteroatoms. The number of fused-ring (bicyclic) bond motifs is 1. The van der Waals surface area contributed by atoms with Gasteiger partial charge in [0.05, 0.1) is 36.6 Å². The molecule has 0 aliphatic carbocycles. The molecule has 2 heterocycles. The molecule has 0 unspecified atom stereocenters. The Hall–Kier alpha value is -3.66. The number of rotatable bonds is 7. The van der Waals surface area contributed by atoms with Gasteiger partial charge in [-0.2, -0.15) is 5.10 Å². The van der Waals surface area contributed by atoms with E-state index in [1.807, 2.05) is 43.3 Å². The number of hydrogen-bond donors (Lipinski definition) is 2. The summed E-state index contributed by atoms with van der Waals surface area (Å²) in [4.78, 5) is 23.6. The van der Waals surface area contributed by atoms with E-state index in [0.29, 0.717) is 17.3 Å². The topological polar surface area (TPSA) is 118 Å². The van der Waals surface area contributed by atoms with E-state index in [2.05, 4.69) is 5.32 Å². The zero-order chi connectivity index (χ0) is 23.5. The average molecular weight is 469 g/mol. The molecule has 0 radical (unpaired) electrons. The molecular weight excluding hydrogens is 444 g/mol. The van der Waals surface area contributed by atoms with Crippen LogP contribution in [0.4, 0.5) is 5.82 Å². The van der Waals surface area contributed by atoms with Gasteiger partial charge in [-0.05, 0) is 48.9 Å². The minimum atomic E-state index is -0.573. The lowest BCUT2D eigenvalue weighted by Crippen LogP contribution is -2.20. The number of amides is 2. The minimum Gasteiger partial charge on any atom is -0.497 e. The fourth-order valence-electron chi connectivity index (χ4n) is 3.67. The standard InChI is InChI=1S/C23H24N4O5S/c1-13-21-22(14-4-9-17(18(10-14)31-3)32-11-19(24)28)33-12-20(29)25-23(21)27(26-13)15-5-7-16(30-2)8-6-15/h4-10,22H,11-12H2,1-3H3,(H2,24,28)(H,25,29)/t22-/m0/s1. The fraction of sp³-hybridized carbons (Fsp3) is 0.261. The Morgan fingerprint density at radius 3 is 2.61 bits per heavy atom. The lowest BCUT2D eigenvalue weighted by Gasteiger charge is -2.18. The van der Waals surface area contributed by atoms with Crippen molar-refractivity contribution in [3.05, 3.63) is 59.3 Å². The van der Waals surface area contributed by atoms with Crippen molar-refractivity contribution in [1.29, 1.82) is 0 Å². The van der Waals surface area contributed by atoms with Gasteiger partial charge in [0.1, 0.15) is 11.6 Å². The second kappa shape index (κ2) is 9.45. The third kappa shape index (κ3) is 4.61. The van der Waals surface area contributed by atoms with Gasteiger partial charge in [0, 0.05) is 5.56 Å². The SMILES string of the molecule is COc1ccc(-n2nc(C)c3c2NC(=O)CS[C@H]3c2ccc(OCC(N)=O)c(OC)c2)cc1. The highest BCUT2D eigenvalue weighted by molar-refractivity contribution is 8.00. The number of methoxy groups -OCH3 is 2. The van der Waals surface area contributed by atoms with Gasteiger partial charge in [-0.3, -0.25) is 9.59 Å². The number of anilines is 1. The summed E-state index contributed by atoms with van der Waals surface area (Å²) in [5.41, 5.74) is 8.61. The van der Waals surface area contributed by atoms with E-state index in [1.54, 1.807) is 17.9 Å². The lowest BCUT2D eigenvalue weighted by molar-refractivity contribution is -0.120. The van der Waals surface area contributed by atoms with Crippen LogP contribution in [-0.4, -0.2) is 48.2 Å². The normalized spacial score (nSPS) is 15.2. The molecule has 0 fully saturated rings. The number of ether oxygens (including phenoxy) is 3. The molecular formula is C23H24N4O5S. The Morgan fingerprint density at radius 1 is 1.18 bits per heavy atom. The molecule has 3 N–H and O–H groups in total. The number of carbonyl (C=O) groups excluding carboxylic acids is 2. The molecule has 1 aromatic heterocycles. The zero-order valence-corrected chi connectivity index (χ0v) is 19.3. The van der Waals surface area contributed by atoms with Crippen LogP contribution >= 0.6 is 11.8 Å². The number of nitrogens with two attached hydrogens (primary N) is 1. The zero-order valence-electron chi connectivity index (χ0n) is 18.5. The number of thioether (sulfide) groups is 1. The van der Waals surface area contributed by atoms with Crippen LogP contribution < -0.4 is 25.3 Å². The molecule has 1 aliphatic rings. The van der Waals surface area contributed by atoms with Gasteiger partial charge in [0.15, 0.2) is 18.1 Å². The maximum Gasteiger partial charge on any atom is 0.255 e. The number of aromatic nitrogens is 2. The number of nitrogens with zero attached hydrogens (tertiary/aromatic N) is 2. The van der Waals surface area contributed by atoms with E-state index in [-0.39, 0.29) is 23.5 Å². The average Bonchev–Trinajstić information content (AvgIpc) is 3.02. The van der Waals surface area contributed by atoms with E-state index >= 15 is 0 Å². The maximum atomic E-state index is 12.6. The molecule has 4 rings (SSSR count). The fourth-order valence-corrected chi connectivity index (χ4v) is 4.85. The van der Waals surface area contributed by atoms with Crippen molar-refractivity contribution < 1.29 is 23.8 Å². The number of carbonyl (C=O) groups is 2. The number of aryl methyl sites for hydroxylation is 1. The molecule has 0 saturated carbocycles. The number of hydrogen-bond acceptors (Lipinski definition) is 7. The van der Waals surface area contributed by atoms with Crippen LogP contribution in [0.3, 0.4) is 0 Å². The summed E-state index contributed by atoms with van der Waals surface area (Å²) in [6.07, 6.45) is 0. The van der Waals surface area contributed by atoms with Crippen LogP contribution in [0.15, 0.2) is 42.5 Å². The third-order valence-electron chi connectivity index (χ3n) is 5.19. The first-order chi connectivity index (χ1) is 15.9. The highest BCUT2D eigenvalue weighted by Gasteiger charge is 2.31. The predicted molar refractivity (Wildman–Crippen MR) is 125 cm³/mol. The highest BCUT2D eigenvalue weighted by Crippen LogP contribution is 2.45. The number of nitrogens with one attached hydrogen (secondary N) is 1. The summed E-state index contributed by atoms with van der Waals surface area (Å²) in [6.45, 7) is 1.68. The van der Waals surface area contributed by atoms with Crippen molar-refractivity contribution in [2.75, 3.05) is 31.9 Å². The Balaban J connectivity index is 1.77. The first-order valence-electron chi connectivity index (χ1n) is 10.2. The minimum absolute atomic E-state index is 0.105. The van der Waals surface area contributed by atoms with Gasteiger partial charge in [0.2, 0.25) is 5.91 Å². The van der Waals surface area contributed by atoms with Crippen molar-refractivity contribution in [1.82, 2.24) is 9.78 Å². The Labute approximate surface area is 195 Å². The van der Waals surface area contributed by atoms with Crippen LogP contribution in [0.25, 0.3) is 5.69 Å². The molecule has 0 spiro atoms. The molecule has 0 saturated heterocycles. The number of primary amides is 1. The van der Waals surface area contributed by atoms with Crippen molar-refractivity contribution in [3.63, 3.8) is 0 Å². The molecule has 2 amide bonds. The first-order valence-corrected chi connectivity index (χ1v) is 11.2. The summed E-state index contributed by atoms with van der Waals surface area (Å²) in [6, 6.07) is 12.9. The smallest absolute Gasteiger partial charge is 0.255 e. The van der Waals surface area contributed by atoms with Crippen LogP contribution in [0, 0.1) is 6.92 Å². The summed E-state index contributed by atoms with van der Waals surface area (Å²) in [5, 5.41) is 7.56. The van der Waals surface area contributed by atoms with Gasteiger partial charge in [0.25, 0.3) is 5.91 Å². The summed E-state index contributed by atoms with van der Waals surface area (Å²) >= 11 is 1.50. The molecule has 1 aliphatic heterocycles. The van der Waals surface area contributed by atoms with Crippen LogP contribution in [-0.2, 0) is 9.59 Å². The maximum absolute atomic E-state index is 12.6. The Bertz CT molecular complexity index is 1190. The van der Waals surface area contributed by atoms with E-state index in [4.69, 9.17) is 25.0 Å². The Morgan fingerprint density at radius 2 is 1.94 bits per heavy atom. The van der Waals surface area contributed by atoms with Gasteiger partial charge in [-0.1, -0.05) is 6.07 Å². The van der Waals surface area contributed by atoms with E-state index in [9.17, 15) is 9.59 Å². The van der Waals surface area contributed by atoms with Crippen molar-refractivity contribution in [2.24, 2.45) is 5.73 Å². The lowest BCUT2D eigenvalue weighted by atomic mass is 10.0. The third-order valence-corrected chi connectivity index (χ3v) is 6.46. The summed E-state index contributed by atoms with van der Waals surface area (Å²) in [7, 11) is 3.14. The van der Waals surface area contributed by atoms with Gasteiger partial charge in [-0.25, -0.2) is 4.68 Å². The molecule has 33 heavy (non-hydrogen) atoms. The molecule has 1 atom stereocenters. The molecule has 2 aromatic carbocycles. The largest absolute Gasteiger partial charge is 0.497 e. The monoisotopic (exact) mass is 468 g/mol. The molecule has 3 aromatic rings. The van der Waals surface area contributed by atoms with Gasteiger partial charge in [-0.15, -0.1) is 11.8 Å². The van der Waals surface area contributed by atoms with E-state index < -0.39 is 5.91 Å². The second-order valence-corrected chi connectivity index (χ2v) is 8.46. The van der Waals surface area contributed by atoms with Gasteiger partial charge >= 0.3 is 0 Å². The molecule has 0 bridgehead atoms. The number of benzene rings is 2. The first kappa shape index (κ1) is 22.5. The summed E-state index contributed by atoms with van der Waals surface area (Å²) < 4.78 is 17.9. The quantitative estimate of drug-likeness (QED) is 0.547. The molecule has 9 nitrogen and oxygen atoms in total. The van der Waals surface area contributed by atoms with Gasteiger partial charge < -0.3 is 25.3 Å². The van der Waals surface area contributed by atoms with E-state index in [0.717, 1.165) is 28.3 Å². The second-order valence-electron chi connectivity index (χ2n) is 7.36. The van der Waals surface area contributed by atoms with Crippen molar-refractivity contribution in [2.45, 2.75) is 12.2 Å².